The molecule has 0 fully saturated rings. The molecule has 0 saturated carbocycles. The minimum atomic E-state index is 0.766. The topological polar surface area (TPSA) is 41.6 Å². The van der Waals surface area contributed by atoms with Crippen molar-refractivity contribution in [3.8, 4) is 0 Å². The van der Waals surface area contributed by atoms with Crippen LogP contribution in [0.3, 0.4) is 0 Å². The number of aromatic nitrogens is 3. The SMILES string of the molecule is CCc1nc(SCc2cccc(Cl)c2)n[nH]1. The maximum absolute atomic E-state index is 5.91. The summed E-state index contributed by atoms with van der Waals surface area (Å²) in [5.41, 5.74) is 1.18. The Morgan fingerprint density at radius 1 is 1.44 bits per heavy atom. The van der Waals surface area contributed by atoms with Gasteiger partial charge in [-0.2, -0.15) is 0 Å². The molecule has 1 N–H and O–H groups in total. The highest BCUT2D eigenvalue weighted by Gasteiger charge is 2.02. The van der Waals surface area contributed by atoms with Crippen molar-refractivity contribution in [2.24, 2.45) is 0 Å². The van der Waals surface area contributed by atoms with E-state index >= 15 is 0 Å². The van der Waals surface area contributed by atoms with Crippen LogP contribution in [-0.2, 0) is 12.2 Å². The second-order valence-electron chi connectivity index (χ2n) is 3.34. The number of aromatic amines is 1. The highest BCUT2D eigenvalue weighted by atomic mass is 35.5. The lowest BCUT2D eigenvalue weighted by Crippen LogP contribution is -1.82. The third kappa shape index (κ3) is 3.00. The zero-order valence-electron chi connectivity index (χ0n) is 8.90. The van der Waals surface area contributed by atoms with Crippen molar-refractivity contribution in [3.63, 3.8) is 0 Å². The van der Waals surface area contributed by atoms with Crippen LogP contribution < -0.4 is 0 Å². The van der Waals surface area contributed by atoms with Crippen LogP contribution in [0.2, 0.25) is 5.02 Å². The number of H-pyrrole nitrogens is 1. The number of halogens is 1. The van der Waals surface area contributed by atoms with Crippen molar-refractivity contribution in [2.45, 2.75) is 24.3 Å². The van der Waals surface area contributed by atoms with Gasteiger partial charge in [0.1, 0.15) is 5.82 Å². The first-order valence-corrected chi connectivity index (χ1v) is 6.43. The van der Waals surface area contributed by atoms with Gasteiger partial charge >= 0.3 is 0 Å². The van der Waals surface area contributed by atoms with E-state index in [2.05, 4.69) is 15.2 Å². The Bertz CT molecular complexity index is 470. The van der Waals surface area contributed by atoms with Gasteiger partial charge < -0.3 is 0 Å². The first-order chi connectivity index (χ1) is 7.78. The predicted octanol–water partition coefficient (Wildman–Crippen LogP) is 3.31. The standard InChI is InChI=1S/C11H12ClN3S/c1-2-10-13-11(15-14-10)16-7-8-4-3-5-9(12)6-8/h3-6H,2,7H2,1H3,(H,13,14,15). The summed E-state index contributed by atoms with van der Waals surface area (Å²) >= 11 is 7.51. The van der Waals surface area contributed by atoms with Crippen LogP contribution >= 0.6 is 23.4 Å². The second-order valence-corrected chi connectivity index (χ2v) is 4.72. The molecule has 2 rings (SSSR count). The zero-order valence-corrected chi connectivity index (χ0v) is 10.5. The molecule has 0 bridgehead atoms. The predicted molar refractivity (Wildman–Crippen MR) is 66.8 cm³/mol. The van der Waals surface area contributed by atoms with Crippen molar-refractivity contribution in [1.82, 2.24) is 15.2 Å². The lowest BCUT2D eigenvalue weighted by atomic mass is 10.2. The quantitative estimate of drug-likeness (QED) is 0.850. The Labute approximate surface area is 104 Å². The smallest absolute Gasteiger partial charge is 0.208 e. The fraction of sp³-hybridized carbons (Fsp3) is 0.273. The molecule has 0 radical (unpaired) electrons. The number of benzene rings is 1. The van der Waals surface area contributed by atoms with Gasteiger partial charge in [-0.15, -0.1) is 5.10 Å². The Morgan fingerprint density at radius 3 is 3.00 bits per heavy atom. The lowest BCUT2D eigenvalue weighted by Gasteiger charge is -1.98. The van der Waals surface area contributed by atoms with Gasteiger partial charge in [-0.1, -0.05) is 42.4 Å². The van der Waals surface area contributed by atoms with E-state index in [-0.39, 0.29) is 0 Å². The molecule has 5 heteroatoms. The van der Waals surface area contributed by atoms with Gasteiger partial charge in [0.2, 0.25) is 5.16 Å². The first kappa shape index (κ1) is 11.5. The molecule has 0 spiro atoms. The number of aryl methyl sites for hydroxylation is 1. The van der Waals surface area contributed by atoms with Crippen molar-refractivity contribution >= 4 is 23.4 Å². The van der Waals surface area contributed by atoms with E-state index in [1.165, 1.54) is 5.56 Å². The first-order valence-electron chi connectivity index (χ1n) is 5.06. The number of nitrogens with one attached hydrogen (secondary N) is 1. The number of thioether (sulfide) groups is 1. The van der Waals surface area contributed by atoms with Gasteiger partial charge in [0.15, 0.2) is 0 Å². The molecule has 0 amide bonds. The van der Waals surface area contributed by atoms with Crippen LogP contribution in [0, 0.1) is 0 Å². The zero-order chi connectivity index (χ0) is 11.4. The molecule has 0 unspecified atom stereocenters. The molecule has 0 aliphatic carbocycles. The number of hydrogen-bond acceptors (Lipinski definition) is 3. The Hall–Kier alpha value is -1.00. The van der Waals surface area contributed by atoms with E-state index in [4.69, 9.17) is 11.6 Å². The highest BCUT2D eigenvalue weighted by molar-refractivity contribution is 7.98. The summed E-state index contributed by atoms with van der Waals surface area (Å²) in [7, 11) is 0. The van der Waals surface area contributed by atoms with E-state index in [1.807, 2.05) is 31.2 Å². The molecule has 0 aliphatic rings. The molecule has 16 heavy (non-hydrogen) atoms. The van der Waals surface area contributed by atoms with E-state index in [1.54, 1.807) is 11.8 Å². The summed E-state index contributed by atoms with van der Waals surface area (Å²) in [6.45, 7) is 2.05. The third-order valence-corrected chi connectivity index (χ3v) is 3.26. The van der Waals surface area contributed by atoms with Crippen LogP contribution in [-0.4, -0.2) is 15.2 Å². The average Bonchev–Trinajstić information content (AvgIpc) is 2.74. The highest BCUT2D eigenvalue weighted by Crippen LogP contribution is 2.20. The summed E-state index contributed by atoms with van der Waals surface area (Å²) in [4.78, 5) is 4.33. The molecule has 0 saturated heterocycles. The van der Waals surface area contributed by atoms with Crippen LogP contribution in [0.5, 0.6) is 0 Å². The Balaban J connectivity index is 1.96. The van der Waals surface area contributed by atoms with Gasteiger partial charge in [0, 0.05) is 17.2 Å². The summed E-state index contributed by atoms with van der Waals surface area (Å²) in [5, 5.41) is 8.57. The minimum Gasteiger partial charge on any atom is -0.262 e. The Kier molecular flexibility index (Phi) is 3.85. The van der Waals surface area contributed by atoms with Crippen molar-refractivity contribution in [1.29, 1.82) is 0 Å². The summed E-state index contributed by atoms with van der Waals surface area (Å²) in [6, 6.07) is 7.83. The monoisotopic (exact) mass is 253 g/mol. The van der Waals surface area contributed by atoms with Gasteiger partial charge in [0.25, 0.3) is 0 Å². The molecule has 2 aromatic rings. The van der Waals surface area contributed by atoms with E-state index in [9.17, 15) is 0 Å². The summed E-state index contributed by atoms with van der Waals surface area (Å²) in [6.07, 6.45) is 0.880. The van der Waals surface area contributed by atoms with Crippen molar-refractivity contribution in [3.05, 3.63) is 40.7 Å². The molecule has 1 heterocycles. The van der Waals surface area contributed by atoms with Gasteiger partial charge in [0.05, 0.1) is 0 Å². The van der Waals surface area contributed by atoms with Gasteiger partial charge in [-0.05, 0) is 17.7 Å². The fourth-order valence-corrected chi connectivity index (χ4v) is 2.25. The maximum Gasteiger partial charge on any atom is 0.208 e. The summed E-state index contributed by atoms with van der Waals surface area (Å²) in [5.74, 6) is 1.76. The molecule has 3 nitrogen and oxygen atoms in total. The second kappa shape index (κ2) is 5.37. The van der Waals surface area contributed by atoms with E-state index in [0.29, 0.717) is 0 Å². The molecule has 1 aromatic carbocycles. The van der Waals surface area contributed by atoms with Crippen molar-refractivity contribution < 1.29 is 0 Å². The molecule has 1 aromatic heterocycles. The van der Waals surface area contributed by atoms with E-state index in [0.717, 1.165) is 28.2 Å². The number of nitrogens with zero attached hydrogens (tertiary/aromatic N) is 2. The fourth-order valence-electron chi connectivity index (χ4n) is 1.28. The van der Waals surface area contributed by atoms with Crippen LogP contribution in [0.4, 0.5) is 0 Å². The number of rotatable bonds is 4. The number of hydrogen-bond donors (Lipinski definition) is 1. The average molecular weight is 254 g/mol. The maximum atomic E-state index is 5.91. The van der Waals surface area contributed by atoms with Crippen molar-refractivity contribution in [2.75, 3.05) is 0 Å². The van der Waals surface area contributed by atoms with Gasteiger partial charge in [-0.25, -0.2) is 4.98 Å². The minimum absolute atomic E-state index is 0.766. The molecular formula is C11H12ClN3S. The third-order valence-electron chi connectivity index (χ3n) is 2.10. The van der Waals surface area contributed by atoms with Crippen LogP contribution in [0.25, 0.3) is 0 Å². The van der Waals surface area contributed by atoms with Crippen LogP contribution in [0.1, 0.15) is 18.3 Å². The Morgan fingerprint density at radius 2 is 2.31 bits per heavy atom. The lowest BCUT2D eigenvalue weighted by molar-refractivity contribution is 0.941. The molecular weight excluding hydrogens is 242 g/mol. The van der Waals surface area contributed by atoms with Crippen LogP contribution in [0.15, 0.2) is 29.4 Å². The van der Waals surface area contributed by atoms with E-state index < -0.39 is 0 Å². The molecule has 0 aliphatic heterocycles. The normalized spacial score (nSPS) is 10.6. The molecule has 0 atom stereocenters. The summed E-state index contributed by atoms with van der Waals surface area (Å²) < 4.78 is 0. The molecule has 84 valence electrons. The van der Waals surface area contributed by atoms with Gasteiger partial charge in [-0.3, -0.25) is 5.10 Å². The largest absolute Gasteiger partial charge is 0.262 e.